The highest BCUT2D eigenvalue weighted by atomic mass is 32.1. The van der Waals surface area contributed by atoms with Gasteiger partial charge in [-0.3, -0.25) is 9.20 Å². The Morgan fingerprint density at radius 3 is 2.57 bits per heavy atom. The van der Waals surface area contributed by atoms with E-state index in [4.69, 9.17) is 0 Å². The van der Waals surface area contributed by atoms with Crippen molar-refractivity contribution in [2.75, 3.05) is 0 Å². The summed E-state index contributed by atoms with van der Waals surface area (Å²) in [5, 5.41) is 1.88. The second-order valence-electron chi connectivity index (χ2n) is 4.50. The predicted octanol–water partition coefficient (Wildman–Crippen LogP) is 3.84. The molecule has 2 aromatic heterocycles. The van der Waals surface area contributed by atoms with Crippen molar-refractivity contribution in [2.24, 2.45) is 0 Å². The summed E-state index contributed by atoms with van der Waals surface area (Å²) in [5.74, 6) is -0.255. The molecule has 0 saturated carbocycles. The molecule has 1 aromatic carbocycles. The third kappa shape index (κ3) is 2.82. The van der Waals surface area contributed by atoms with Crippen LogP contribution in [0.25, 0.3) is 4.96 Å². The molecule has 0 spiro atoms. The lowest BCUT2D eigenvalue weighted by molar-refractivity contribution is -0.137. The fraction of sp³-hybridized carbons (Fsp3) is 0.143. The van der Waals surface area contributed by atoms with Crippen LogP contribution < -0.4 is 0 Å². The number of Topliss-reactive ketones (excluding diaryl/α,β-unsaturated/α-hetero) is 1. The van der Waals surface area contributed by atoms with E-state index >= 15 is 0 Å². The summed E-state index contributed by atoms with van der Waals surface area (Å²) in [5.41, 5.74) is 0.0904. The SMILES string of the molecule is O=C(Cc1cn2ccsc2n1)c1ccc(C(F)(F)F)cc1. The van der Waals surface area contributed by atoms with Crippen molar-refractivity contribution in [3.63, 3.8) is 0 Å². The van der Waals surface area contributed by atoms with Gasteiger partial charge in [0.15, 0.2) is 10.7 Å². The number of hydrogen-bond donors (Lipinski definition) is 0. The summed E-state index contributed by atoms with van der Waals surface area (Å²) in [7, 11) is 0. The third-order valence-corrected chi connectivity index (χ3v) is 3.79. The number of hydrogen-bond acceptors (Lipinski definition) is 3. The summed E-state index contributed by atoms with van der Waals surface area (Å²) in [6.07, 6.45) is -0.748. The summed E-state index contributed by atoms with van der Waals surface area (Å²) in [6.45, 7) is 0. The molecule has 2 heterocycles. The van der Waals surface area contributed by atoms with E-state index in [1.807, 2.05) is 11.6 Å². The lowest BCUT2D eigenvalue weighted by atomic mass is 10.0. The van der Waals surface area contributed by atoms with Crippen molar-refractivity contribution in [2.45, 2.75) is 12.6 Å². The molecule has 108 valence electrons. The Morgan fingerprint density at radius 2 is 1.95 bits per heavy atom. The molecular formula is C14H9F3N2OS. The van der Waals surface area contributed by atoms with E-state index in [1.54, 1.807) is 10.6 Å². The summed E-state index contributed by atoms with van der Waals surface area (Å²) >= 11 is 1.45. The highest BCUT2D eigenvalue weighted by Gasteiger charge is 2.30. The predicted molar refractivity (Wildman–Crippen MR) is 72.5 cm³/mol. The molecule has 3 nitrogen and oxygen atoms in total. The second-order valence-corrected chi connectivity index (χ2v) is 5.37. The molecule has 3 rings (SSSR count). The molecular weight excluding hydrogens is 301 g/mol. The zero-order chi connectivity index (χ0) is 15.0. The van der Waals surface area contributed by atoms with Crippen LogP contribution in [-0.2, 0) is 12.6 Å². The Bertz CT molecular complexity index is 758. The fourth-order valence-corrected chi connectivity index (χ4v) is 2.69. The van der Waals surface area contributed by atoms with Crippen LogP contribution in [0.15, 0.2) is 42.0 Å². The van der Waals surface area contributed by atoms with Gasteiger partial charge in [-0.15, -0.1) is 11.3 Å². The molecule has 7 heteroatoms. The molecule has 0 saturated heterocycles. The molecule has 0 unspecified atom stereocenters. The average Bonchev–Trinajstić information content (AvgIpc) is 2.98. The van der Waals surface area contributed by atoms with Gasteiger partial charge in [0.05, 0.1) is 17.7 Å². The van der Waals surface area contributed by atoms with E-state index < -0.39 is 11.7 Å². The first-order valence-corrected chi connectivity index (χ1v) is 6.93. The zero-order valence-electron chi connectivity index (χ0n) is 10.6. The monoisotopic (exact) mass is 310 g/mol. The highest BCUT2D eigenvalue weighted by molar-refractivity contribution is 7.15. The standard InChI is InChI=1S/C14H9F3N2OS/c15-14(16,17)10-3-1-9(2-4-10)12(20)7-11-8-19-5-6-21-13(19)18-11/h1-6,8H,7H2. The number of nitrogens with zero attached hydrogens (tertiary/aromatic N) is 2. The maximum Gasteiger partial charge on any atom is 0.416 e. The normalized spacial score (nSPS) is 12.0. The summed E-state index contributed by atoms with van der Waals surface area (Å²) in [4.78, 5) is 17.1. The molecule has 0 fully saturated rings. The fourth-order valence-electron chi connectivity index (χ4n) is 1.97. The quantitative estimate of drug-likeness (QED) is 0.689. The van der Waals surface area contributed by atoms with Gasteiger partial charge in [0.25, 0.3) is 0 Å². The summed E-state index contributed by atoms with van der Waals surface area (Å²) < 4.78 is 39.2. The van der Waals surface area contributed by atoms with Crippen molar-refractivity contribution in [1.82, 2.24) is 9.38 Å². The van der Waals surface area contributed by atoms with Gasteiger partial charge in [0.1, 0.15) is 0 Å². The number of imidazole rings is 1. The van der Waals surface area contributed by atoms with Gasteiger partial charge in [0.2, 0.25) is 0 Å². The van der Waals surface area contributed by atoms with Crippen LogP contribution >= 0.6 is 11.3 Å². The molecule has 0 N–H and O–H groups in total. The van der Waals surface area contributed by atoms with E-state index in [1.165, 1.54) is 23.5 Å². The largest absolute Gasteiger partial charge is 0.416 e. The van der Waals surface area contributed by atoms with Crippen molar-refractivity contribution >= 4 is 22.1 Å². The zero-order valence-corrected chi connectivity index (χ0v) is 11.4. The van der Waals surface area contributed by atoms with Gasteiger partial charge in [-0.05, 0) is 12.1 Å². The van der Waals surface area contributed by atoms with Crippen LogP contribution in [0.5, 0.6) is 0 Å². The number of rotatable bonds is 3. The molecule has 21 heavy (non-hydrogen) atoms. The van der Waals surface area contributed by atoms with E-state index in [9.17, 15) is 18.0 Å². The molecule has 0 amide bonds. The van der Waals surface area contributed by atoms with Crippen LogP contribution in [-0.4, -0.2) is 15.2 Å². The molecule has 0 aliphatic rings. The number of carbonyl (C=O) groups excluding carboxylic acids is 1. The molecule has 3 aromatic rings. The Labute approximate surface area is 121 Å². The number of fused-ring (bicyclic) bond motifs is 1. The lowest BCUT2D eigenvalue weighted by Gasteiger charge is -2.06. The number of carbonyl (C=O) groups is 1. The van der Waals surface area contributed by atoms with Crippen molar-refractivity contribution in [1.29, 1.82) is 0 Å². The first-order valence-electron chi connectivity index (χ1n) is 6.05. The third-order valence-electron chi connectivity index (χ3n) is 3.02. The first kappa shape index (κ1) is 13.8. The van der Waals surface area contributed by atoms with Gasteiger partial charge in [0, 0.05) is 23.3 Å². The second kappa shape index (κ2) is 5.00. The van der Waals surface area contributed by atoms with Gasteiger partial charge in [-0.2, -0.15) is 13.2 Å². The molecule has 0 atom stereocenters. The van der Waals surface area contributed by atoms with E-state index in [0.717, 1.165) is 17.1 Å². The molecule has 0 bridgehead atoms. The van der Waals surface area contributed by atoms with Gasteiger partial charge in [-0.1, -0.05) is 12.1 Å². The van der Waals surface area contributed by atoms with Gasteiger partial charge in [-0.25, -0.2) is 4.98 Å². The molecule has 0 aliphatic heterocycles. The lowest BCUT2D eigenvalue weighted by Crippen LogP contribution is -2.07. The Morgan fingerprint density at radius 1 is 1.24 bits per heavy atom. The minimum atomic E-state index is -4.39. The maximum absolute atomic E-state index is 12.5. The van der Waals surface area contributed by atoms with Crippen LogP contribution in [0.2, 0.25) is 0 Å². The Hall–Kier alpha value is -2.15. The van der Waals surface area contributed by atoms with E-state index in [0.29, 0.717) is 5.69 Å². The van der Waals surface area contributed by atoms with E-state index in [-0.39, 0.29) is 17.8 Å². The smallest absolute Gasteiger partial charge is 0.297 e. The Kier molecular flexibility index (Phi) is 3.29. The first-order chi connectivity index (χ1) is 9.93. The van der Waals surface area contributed by atoms with Crippen LogP contribution in [0.1, 0.15) is 21.6 Å². The summed E-state index contributed by atoms with van der Waals surface area (Å²) in [6, 6.07) is 4.23. The minimum absolute atomic E-state index is 0.0692. The van der Waals surface area contributed by atoms with Crippen LogP contribution in [0.4, 0.5) is 13.2 Å². The minimum Gasteiger partial charge on any atom is -0.297 e. The molecule has 0 aliphatic carbocycles. The van der Waals surface area contributed by atoms with Crippen molar-refractivity contribution < 1.29 is 18.0 Å². The number of aromatic nitrogens is 2. The number of ketones is 1. The van der Waals surface area contributed by atoms with Crippen LogP contribution in [0.3, 0.4) is 0 Å². The van der Waals surface area contributed by atoms with Crippen molar-refractivity contribution in [3.8, 4) is 0 Å². The van der Waals surface area contributed by atoms with Gasteiger partial charge < -0.3 is 0 Å². The van der Waals surface area contributed by atoms with Gasteiger partial charge >= 0.3 is 6.18 Å². The maximum atomic E-state index is 12.5. The van der Waals surface area contributed by atoms with E-state index in [2.05, 4.69) is 4.98 Å². The highest BCUT2D eigenvalue weighted by Crippen LogP contribution is 2.29. The number of alkyl halides is 3. The topological polar surface area (TPSA) is 34.4 Å². The average molecular weight is 310 g/mol. The Balaban J connectivity index is 1.77. The number of thiazole rings is 1. The number of benzene rings is 1. The molecule has 0 radical (unpaired) electrons. The number of halogens is 3. The van der Waals surface area contributed by atoms with Crippen molar-refractivity contribution in [3.05, 3.63) is 58.9 Å². The van der Waals surface area contributed by atoms with Crippen LogP contribution in [0, 0.1) is 0 Å².